The number of para-hydroxylation sites is 1. The molecule has 0 aromatic heterocycles. The highest BCUT2D eigenvalue weighted by molar-refractivity contribution is 5.98. The van der Waals surface area contributed by atoms with Crippen molar-refractivity contribution in [2.24, 2.45) is 0 Å². The van der Waals surface area contributed by atoms with E-state index in [4.69, 9.17) is 9.47 Å². The predicted molar refractivity (Wildman–Crippen MR) is 93.0 cm³/mol. The van der Waals surface area contributed by atoms with Crippen LogP contribution in [0.5, 0.6) is 11.5 Å². The Bertz CT molecular complexity index is 775. The Balaban J connectivity index is 1.45. The third-order valence-electron chi connectivity index (χ3n) is 4.46. The Morgan fingerprint density at radius 1 is 1.17 bits per heavy atom. The Morgan fingerprint density at radius 2 is 1.96 bits per heavy atom. The molecule has 124 valence electrons. The lowest BCUT2D eigenvalue weighted by Crippen LogP contribution is -2.39. The number of amides is 1. The van der Waals surface area contributed by atoms with E-state index in [9.17, 15) is 4.79 Å². The zero-order valence-electron chi connectivity index (χ0n) is 13.6. The molecule has 1 N–H and O–H groups in total. The minimum absolute atomic E-state index is 0.0716. The molecular weight excluding hydrogens is 304 g/mol. The van der Waals surface area contributed by atoms with Crippen molar-refractivity contribution in [3.05, 3.63) is 48.0 Å². The van der Waals surface area contributed by atoms with Gasteiger partial charge in [0.25, 0.3) is 0 Å². The largest absolute Gasteiger partial charge is 0.486 e. The van der Waals surface area contributed by atoms with Crippen LogP contribution in [0, 0.1) is 0 Å². The van der Waals surface area contributed by atoms with E-state index in [2.05, 4.69) is 18.3 Å². The van der Waals surface area contributed by atoms with Gasteiger partial charge in [0.2, 0.25) is 5.91 Å². The summed E-state index contributed by atoms with van der Waals surface area (Å²) in [5.74, 6) is 1.54. The number of benzene rings is 2. The zero-order valence-corrected chi connectivity index (χ0v) is 13.6. The summed E-state index contributed by atoms with van der Waals surface area (Å²) in [5.41, 5.74) is 3.12. The van der Waals surface area contributed by atoms with E-state index >= 15 is 0 Å². The van der Waals surface area contributed by atoms with Gasteiger partial charge < -0.3 is 19.7 Å². The lowest BCUT2D eigenvalue weighted by molar-refractivity contribution is -0.117. The number of ether oxygens (including phenoxy) is 2. The topological polar surface area (TPSA) is 50.8 Å². The summed E-state index contributed by atoms with van der Waals surface area (Å²) >= 11 is 0. The Hall–Kier alpha value is -2.69. The van der Waals surface area contributed by atoms with E-state index in [1.165, 1.54) is 5.56 Å². The van der Waals surface area contributed by atoms with Crippen molar-refractivity contribution in [3.63, 3.8) is 0 Å². The maximum absolute atomic E-state index is 12.7. The first-order valence-corrected chi connectivity index (χ1v) is 8.26. The second kappa shape index (κ2) is 6.07. The molecule has 1 unspecified atom stereocenters. The fraction of sp³-hybridized carbons (Fsp3) is 0.316. The third kappa shape index (κ3) is 2.66. The maximum Gasteiger partial charge on any atom is 0.246 e. The Kier molecular flexibility index (Phi) is 3.76. The number of nitrogens with one attached hydrogen (secondary N) is 1. The minimum atomic E-state index is 0.0716. The van der Waals surface area contributed by atoms with Crippen molar-refractivity contribution in [2.45, 2.75) is 19.4 Å². The molecule has 0 saturated carbocycles. The summed E-state index contributed by atoms with van der Waals surface area (Å²) in [6, 6.07) is 13.9. The lowest BCUT2D eigenvalue weighted by Gasteiger charge is -2.23. The van der Waals surface area contributed by atoms with Gasteiger partial charge in [0.15, 0.2) is 11.5 Å². The average molecular weight is 324 g/mol. The highest BCUT2D eigenvalue weighted by Crippen LogP contribution is 2.33. The summed E-state index contributed by atoms with van der Waals surface area (Å²) in [6.45, 7) is 3.46. The molecule has 5 nitrogen and oxygen atoms in total. The van der Waals surface area contributed by atoms with Crippen LogP contribution in [0.4, 0.5) is 11.4 Å². The van der Waals surface area contributed by atoms with Crippen LogP contribution in [0.25, 0.3) is 0 Å². The number of nitrogens with zero attached hydrogens (tertiary/aromatic N) is 1. The number of fused-ring (bicyclic) bond motifs is 2. The molecule has 1 atom stereocenters. The fourth-order valence-electron chi connectivity index (χ4n) is 3.36. The van der Waals surface area contributed by atoms with E-state index in [0.717, 1.165) is 29.3 Å². The molecule has 2 aliphatic rings. The van der Waals surface area contributed by atoms with E-state index in [-0.39, 0.29) is 18.5 Å². The van der Waals surface area contributed by atoms with Crippen LogP contribution in [0.1, 0.15) is 12.5 Å². The second-order valence-electron chi connectivity index (χ2n) is 6.16. The molecule has 0 bridgehead atoms. The molecule has 1 amide bonds. The van der Waals surface area contributed by atoms with E-state index < -0.39 is 0 Å². The second-order valence-corrected chi connectivity index (χ2v) is 6.16. The maximum atomic E-state index is 12.7. The third-order valence-corrected chi connectivity index (χ3v) is 4.46. The molecule has 2 aromatic rings. The van der Waals surface area contributed by atoms with Crippen LogP contribution < -0.4 is 19.7 Å². The summed E-state index contributed by atoms with van der Waals surface area (Å²) in [7, 11) is 0. The van der Waals surface area contributed by atoms with Crippen LogP contribution in [0.15, 0.2) is 42.5 Å². The molecule has 24 heavy (non-hydrogen) atoms. The Labute approximate surface area is 141 Å². The molecule has 0 fully saturated rings. The smallest absolute Gasteiger partial charge is 0.246 e. The summed E-state index contributed by atoms with van der Waals surface area (Å²) < 4.78 is 11.1. The average Bonchev–Trinajstić information content (AvgIpc) is 2.95. The highest BCUT2D eigenvalue weighted by Gasteiger charge is 2.30. The van der Waals surface area contributed by atoms with Gasteiger partial charge in [-0.2, -0.15) is 0 Å². The summed E-state index contributed by atoms with van der Waals surface area (Å²) in [6.07, 6.45) is 0.909. The van der Waals surface area contributed by atoms with Crippen molar-refractivity contribution in [3.8, 4) is 11.5 Å². The molecule has 0 saturated heterocycles. The summed E-state index contributed by atoms with van der Waals surface area (Å²) in [5, 5.41) is 3.20. The minimum Gasteiger partial charge on any atom is -0.486 e. The van der Waals surface area contributed by atoms with E-state index in [1.54, 1.807) is 0 Å². The molecule has 2 aromatic carbocycles. The van der Waals surface area contributed by atoms with Gasteiger partial charge in [-0.1, -0.05) is 18.2 Å². The summed E-state index contributed by atoms with van der Waals surface area (Å²) in [4.78, 5) is 14.6. The van der Waals surface area contributed by atoms with Gasteiger partial charge in [0.1, 0.15) is 13.2 Å². The quantitative estimate of drug-likeness (QED) is 0.943. The van der Waals surface area contributed by atoms with Crippen LogP contribution in [-0.2, 0) is 11.2 Å². The Morgan fingerprint density at radius 3 is 2.83 bits per heavy atom. The lowest BCUT2D eigenvalue weighted by atomic mass is 10.1. The molecule has 5 heteroatoms. The highest BCUT2D eigenvalue weighted by atomic mass is 16.6. The van der Waals surface area contributed by atoms with Gasteiger partial charge in [0, 0.05) is 23.5 Å². The standard InChI is InChI=1S/C19H20N2O3/c1-13-10-14-4-2-3-5-16(14)21(13)19(22)12-20-15-6-7-17-18(11-15)24-9-8-23-17/h2-7,11,13,20H,8-10,12H2,1H3. The van der Waals surface area contributed by atoms with Crippen molar-refractivity contribution in [1.29, 1.82) is 0 Å². The van der Waals surface area contributed by atoms with Crippen molar-refractivity contribution in [1.82, 2.24) is 0 Å². The first-order chi connectivity index (χ1) is 11.7. The first-order valence-electron chi connectivity index (χ1n) is 8.26. The van der Waals surface area contributed by atoms with Gasteiger partial charge in [-0.05, 0) is 37.1 Å². The van der Waals surface area contributed by atoms with E-state index in [0.29, 0.717) is 13.2 Å². The zero-order chi connectivity index (χ0) is 16.5. The van der Waals surface area contributed by atoms with Crippen molar-refractivity contribution in [2.75, 3.05) is 30.0 Å². The van der Waals surface area contributed by atoms with Crippen LogP contribution in [0.3, 0.4) is 0 Å². The van der Waals surface area contributed by atoms with Gasteiger partial charge in [-0.25, -0.2) is 0 Å². The molecule has 4 rings (SSSR count). The normalized spacial score (nSPS) is 18.2. The van der Waals surface area contributed by atoms with Gasteiger partial charge in [-0.3, -0.25) is 4.79 Å². The SMILES string of the molecule is CC1Cc2ccccc2N1C(=O)CNc1ccc2c(c1)OCCO2. The van der Waals surface area contributed by atoms with E-state index in [1.807, 2.05) is 41.3 Å². The monoisotopic (exact) mass is 324 g/mol. The van der Waals surface area contributed by atoms with Crippen molar-refractivity contribution >= 4 is 17.3 Å². The predicted octanol–water partition coefficient (Wildman–Crippen LogP) is 2.85. The molecule has 0 aliphatic carbocycles. The number of carbonyl (C=O) groups excluding carboxylic acids is 1. The van der Waals surface area contributed by atoms with Crippen LogP contribution in [-0.4, -0.2) is 31.7 Å². The van der Waals surface area contributed by atoms with Gasteiger partial charge in [0.05, 0.1) is 6.54 Å². The number of rotatable bonds is 3. The van der Waals surface area contributed by atoms with Crippen LogP contribution >= 0.6 is 0 Å². The first kappa shape index (κ1) is 14.9. The number of anilines is 2. The number of carbonyl (C=O) groups is 1. The molecule has 2 heterocycles. The molecule has 0 spiro atoms. The molecule has 2 aliphatic heterocycles. The van der Waals surface area contributed by atoms with Crippen LogP contribution in [0.2, 0.25) is 0 Å². The van der Waals surface area contributed by atoms with Gasteiger partial charge in [-0.15, -0.1) is 0 Å². The molecule has 0 radical (unpaired) electrons. The van der Waals surface area contributed by atoms with Crippen molar-refractivity contribution < 1.29 is 14.3 Å². The molecular formula is C19H20N2O3. The van der Waals surface area contributed by atoms with Gasteiger partial charge >= 0.3 is 0 Å². The fourth-order valence-corrected chi connectivity index (χ4v) is 3.36. The number of hydrogen-bond acceptors (Lipinski definition) is 4. The number of hydrogen-bond donors (Lipinski definition) is 1.